The number of aliphatic imine (C=N–C) groups is 1. The van der Waals surface area contributed by atoms with E-state index < -0.39 is 0 Å². The predicted octanol–water partition coefficient (Wildman–Crippen LogP) is 1.57. The van der Waals surface area contributed by atoms with Crippen LogP contribution in [0.2, 0.25) is 0 Å². The average Bonchev–Trinajstić information content (AvgIpc) is 2.96. The summed E-state index contributed by atoms with van der Waals surface area (Å²) >= 11 is 0. The van der Waals surface area contributed by atoms with Gasteiger partial charge in [0.05, 0.1) is 12.8 Å². The minimum Gasteiger partial charge on any atom is -0.497 e. The van der Waals surface area contributed by atoms with Crippen LogP contribution in [0.1, 0.15) is 34.2 Å². The van der Waals surface area contributed by atoms with E-state index in [0.29, 0.717) is 24.6 Å². The van der Waals surface area contributed by atoms with Gasteiger partial charge in [-0.1, -0.05) is 0 Å². The molecular weight excluding hydrogens is 368 g/mol. The molecule has 2 rings (SSSR count). The average molecular weight is 401 g/mol. The summed E-state index contributed by atoms with van der Waals surface area (Å²) in [5, 5.41) is 14.0. The number of ether oxygens (including phenoxy) is 1. The maximum atomic E-state index is 12.2. The Morgan fingerprint density at radius 2 is 1.86 bits per heavy atom. The lowest BCUT2D eigenvalue weighted by atomic mass is 10.1. The van der Waals surface area contributed by atoms with E-state index in [9.17, 15) is 4.79 Å². The molecule has 0 radical (unpaired) electrons. The Kier molecular flexibility index (Phi) is 8.06. The quantitative estimate of drug-likeness (QED) is 0.355. The van der Waals surface area contributed by atoms with Gasteiger partial charge in [0.25, 0.3) is 5.91 Å². The van der Waals surface area contributed by atoms with E-state index >= 15 is 0 Å². The molecule has 0 aliphatic rings. The molecule has 0 saturated carbocycles. The van der Waals surface area contributed by atoms with Crippen LogP contribution in [0.3, 0.4) is 0 Å². The van der Waals surface area contributed by atoms with Crippen molar-refractivity contribution in [2.75, 3.05) is 27.2 Å². The fourth-order valence-electron chi connectivity index (χ4n) is 3.10. The standard InChI is InChI=1S/C21H32N6O2/c1-14(13-19-15(2)26-27(5)16(19)3)25-21(22-4)24-12-11-23-20(28)17-7-9-18(29-6)10-8-17/h7-10,14H,11-13H2,1-6H3,(H,23,28)(H2,22,24,25). The first-order valence-corrected chi connectivity index (χ1v) is 9.74. The van der Waals surface area contributed by atoms with Crippen molar-refractivity contribution in [3.63, 3.8) is 0 Å². The molecule has 0 spiro atoms. The van der Waals surface area contributed by atoms with Crippen LogP contribution in [0, 0.1) is 13.8 Å². The van der Waals surface area contributed by atoms with E-state index in [2.05, 4.69) is 39.9 Å². The number of methoxy groups -OCH3 is 1. The Morgan fingerprint density at radius 1 is 1.21 bits per heavy atom. The van der Waals surface area contributed by atoms with Gasteiger partial charge in [-0.15, -0.1) is 0 Å². The number of carbonyl (C=O) groups excluding carboxylic acids is 1. The van der Waals surface area contributed by atoms with Crippen LogP contribution in [-0.4, -0.2) is 54.9 Å². The zero-order valence-corrected chi connectivity index (χ0v) is 18.2. The van der Waals surface area contributed by atoms with Gasteiger partial charge in [-0.3, -0.25) is 14.5 Å². The molecule has 1 atom stereocenters. The number of carbonyl (C=O) groups is 1. The summed E-state index contributed by atoms with van der Waals surface area (Å²) in [5.41, 5.74) is 4.10. The minimum absolute atomic E-state index is 0.117. The van der Waals surface area contributed by atoms with Crippen LogP contribution in [0.15, 0.2) is 29.3 Å². The second kappa shape index (κ2) is 10.5. The predicted molar refractivity (Wildman–Crippen MR) is 116 cm³/mol. The van der Waals surface area contributed by atoms with Crippen LogP contribution in [0.5, 0.6) is 5.75 Å². The van der Waals surface area contributed by atoms with Crippen molar-refractivity contribution < 1.29 is 9.53 Å². The van der Waals surface area contributed by atoms with Crippen molar-refractivity contribution >= 4 is 11.9 Å². The van der Waals surface area contributed by atoms with E-state index in [1.54, 1.807) is 38.4 Å². The van der Waals surface area contributed by atoms with Crippen LogP contribution in [0.25, 0.3) is 0 Å². The number of hydrogen-bond donors (Lipinski definition) is 3. The third-order valence-corrected chi connectivity index (χ3v) is 4.83. The Morgan fingerprint density at radius 3 is 2.41 bits per heavy atom. The zero-order valence-electron chi connectivity index (χ0n) is 18.2. The molecule has 8 heteroatoms. The number of aryl methyl sites for hydroxylation is 2. The van der Waals surface area contributed by atoms with Gasteiger partial charge in [0.15, 0.2) is 5.96 Å². The fraction of sp³-hybridized carbons (Fsp3) is 0.476. The number of aromatic nitrogens is 2. The number of rotatable bonds is 8. The number of hydrogen-bond acceptors (Lipinski definition) is 4. The summed E-state index contributed by atoms with van der Waals surface area (Å²) in [6.45, 7) is 7.29. The highest BCUT2D eigenvalue weighted by molar-refractivity contribution is 5.94. The van der Waals surface area contributed by atoms with Gasteiger partial charge in [-0.2, -0.15) is 5.10 Å². The highest BCUT2D eigenvalue weighted by atomic mass is 16.5. The SMILES string of the molecule is CN=C(NCCNC(=O)c1ccc(OC)cc1)NC(C)Cc1c(C)nn(C)c1C. The number of guanidine groups is 1. The molecule has 1 amide bonds. The van der Waals surface area contributed by atoms with E-state index in [4.69, 9.17) is 4.74 Å². The third kappa shape index (κ3) is 6.23. The van der Waals surface area contributed by atoms with E-state index in [-0.39, 0.29) is 11.9 Å². The molecule has 0 bridgehead atoms. The highest BCUT2D eigenvalue weighted by Gasteiger charge is 2.14. The summed E-state index contributed by atoms with van der Waals surface area (Å²) in [6, 6.07) is 7.22. The van der Waals surface area contributed by atoms with Crippen molar-refractivity contribution in [2.24, 2.45) is 12.0 Å². The summed E-state index contributed by atoms with van der Waals surface area (Å²) in [4.78, 5) is 16.4. The lowest BCUT2D eigenvalue weighted by Gasteiger charge is -2.18. The Hall–Kier alpha value is -3.03. The maximum Gasteiger partial charge on any atom is 0.251 e. The highest BCUT2D eigenvalue weighted by Crippen LogP contribution is 2.14. The summed E-state index contributed by atoms with van der Waals surface area (Å²) < 4.78 is 7.02. The van der Waals surface area contributed by atoms with Crippen LogP contribution in [-0.2, 0) is 13.5 Å². The lowest BCUT2D eigenvalue weighted by Crippen LogP contribution is -2.45. The second-order valence-electron chi connectivity index (χ2n) is 7.01. The molecule has 1 aromatic carbocycles. The molecule has 29 heavy (non-hydrogen) atoms. The molecule has 0 aliphatic carbocycles. The number of nitrogens with zero attached hydrogens (tertiary/aromatic N) is 3. The van der Waals surface area contributed by atoms with Crippen LogP contribution < -0.4 is 20.7 Å². The van der Waals surface area contributed by atoms with Gasteiger partial charge in [0.2, 0.25) is 0 Å². The van der Waals surface area contributed by atoms with Crippen LogP contribution in [0.4, 0.5) is 0 Å². The number of nitrogens with one attached hydrogen (secondary N) is 3. The fourth-order valence-corrected chi connectivity index (χ4v) is 3.10. The Bertz CT molecular complexity index is 842. The van der Waals surface area contributed by atoms with E-state index in [1.807, 2.05) is 18.7 Å². The Labute approximate surface area is 172 Å². The first-order chi connectivity index (χ1) is 13.8. The van der Waals surface area contributed by atoms with Gasteiger partial charge >= 0.3 is 0 Å². The van der Waals surface area contributed by atoms with Crippen molar-refractivity contribution in [2.45, 2.75) is 33.2 Å². The van der Waals surface area contributed by atoms with Gasteiger partial charge < -0.3 is 20.7 Å². The Balaban J connectivity index is 1.76. The molecule has 158 valence electrons. The van der Waals surface area contributed by atoms with Crippen molar-refractivity contribution in [1.29, 1.82) is 0 Å². The largest absolute Gasteiger partial charge is 0.497 e. The topological polar surface area (TPSA) is 92.6 Å². The molecular formula is C21H32N6O2. The van der Waals surface area contributed by atoms with Gasteiger partial charge in [-0.25, -0.2) is 0 Å². The van der Waals surface area contributed by atoms with Crippen molar-refractivity contribution in [3.8, 4) is 5.75 Å². The van der Waals surface area contributed by atoms with Gasteiger partial charge in [0.1, 0.15) is 5.75 Å². The van der Waals surface area contributed by atoms with Gasteiger partial charge in [0, 0.05) is 44.5 Å². The minimum atomic E-state index is -0.117. The number of amides is 1. The maximum absolute atomic E-state index is 12.2. The van der Waals surface area contributed by atoms with Crippen molar-refractivity contribution in [1.82, 2.24) is 25.7 Å². The first-order valence-electron chi connectivity index (χ1n) is 9.74. The smallest absolute Gasteiger partial charge is 0.251 e. The lowest BCUT2D eigenvalue weighted by molar-refractivity contribution is 0.0954. The van der Waals surface area contributed by atoms with Gasteiger partial charge in [-0.05, 0) is 57.0 Å². The normalized spacial score (nSPS) is 12.4. The first kappa shape index (κ1) is 22.3. The van der Waals surface area contributed by atoms with Crippen LogP contribution >= 0.6 is 0 Å². The second-order valence-corrected chi connectivity index (χ2v) is 7.01. The zero-order chi connectivity index (χ0) is 21.4. The summed E-state index contributed by atoms with van der Waals surface area (Å²) in [5.74, 6) is 1.31. The van der Waals surface area contributed by atoms with E-state index in [1.165, 1.54) is 11.3 Å². The molecule has 1 heterocycles. The summed E-state index contributed by atoms with van der Waals surface area (Å²) in [6.07, 6.45) is 0.862. The molecule has 3 N–H and O–H groups in total. The molecule has 8 nitrogen and oxygen atoms in total. The third-order valence-electron chi connectivity index (χ3n) is 4.83. The molecule has 1 aromatic heterocycles. The monoisotopic (exact) mass is 400 g/mol. The molecule has 0 aliphatic heterocycles. The molecule has 0 saturated heterocycles. The summed E-state index contributed by atoms with van der Waals surface area (Å²) in [7, 11) is 5.30. The van der Waals surface area contributed by atoms with E-state index in [0.717, 1.165) is 17.9 Å². The molecule has 2 aromatic rings. The number of benzene rings is 1. The molecule has 0 fully saturated rings. The molecule has 1 unspecified atom stereocenters. The van der Waals surface area contributed by atoms with Crippen molar-refractivity contribution in [3.05, 3.63) is 46.8 Å².